The third kappa shape index (κ3) is 4.13. The molecule has 0 bridgehead atoms. The molecule has 0 aliphatic heterocycles. The number of carboxylic acid groups (broad SMARTS) is 1. The van der Waals surface area contributed by atoms with Gasteiger partial charge in [0.15, 0.2) is 5.82 Å². The molecule has 0 fully saturated rings. The van der Waals surface area contributed by atoms with Crippen LogP contribution in [0.3, 0.4) is 0 Å². The number of amides is 1. The normalized spacial score (nSPS) is 10.3. The number of para-hydroxylation sites is 1. The summed E-state index contributed by atoms with van der Waals surface area (Å²) in [5, 5.41) is 18.2. The molecule has 0 unspecified atom stereocenters. The Kier molecular flexibility index (Phi) is 4.65. The fourth-order valence-corrected chi connectivity index (χ4v) is 1.86. The van der Waals surface area contributed by atoms with Crippen molar-refractivity contribution in [2.75, 3.05) is 5.32 Å². The van der Waals surface area contributed by atoms with Crippen molar-refractivity contribution in [3.8, 4) is 11.4 Å². The second-order valence-corrected chi connectivity index (χ2v) is 4.59. The lowest BCUT2D eigenvalue weighted by molar-refractivity contribution is -0.137. The molecule has 0 spiro atoms. The van der Waals surface area contributed by atoms with Crippen LogP contribution in [0.5, 0.6) is 0 Å². The van der Waals surface area contributed by atoms with Crippen LogP contribution in [0.25, 0.3) is 11.4 Å². The number of carbonyl (C=O) groups excluding carboxylic acids is 1. The summed E-state index contributed by atoms with van der Waals surface area (Å²) in [6.45, 7) is 1.80. The molecular formula is C14H16N4O3. The van der Waals surface area contributed by atoms with Crippen molar-refractivity contribution in [3.63, 3.8) is 0 Å². The molecule has 2 rings (SSSR count). The standard InChI is InChI=1S/C14H16N4O3/c1-9-15-14(18-17-9)10-5-2-3-6-11(10)16-12(19)7-4-8-13(20)21/h2-3,5-6H,4,7-8H2,1H3,(H,16,19)(H,20,21)(H,15,17,18). The summed E-state index contributed by atoms with van der Waals surface area (Å²) in [4.78, 5) is 26.5. The summed E-state index contributed by atoms with van der Waals surface area (Å²) in [6.07, 6.45) is 0.450. The van der Waals surface area contributed by atoms with Crippen molar-refractivity contribution in [2.45, 2.75) is 26.2 Å². The second-order valence-electron chi connectivity index (χ2n) is 4.59. The van der Waals surface area contributed by atoms with Gasteiger partial charge in [-0.25, -0.2) is 4.98 Å². The number of aliphatic carboxylic acids is 1. The molecule has 1 aromatic heterocycles. The summed E-state index contributed by atoms with van der Waals surface area (Å²) >= 11 is 0. The Hall–Kier alpha value is -2.70. The first-order valence-electron chi connectivity index (χ1n) is 6.56. The number of rotatable bonds is 6. The summed E-state index contributed by atoms with van der Waals surface area (Å²) in [6, 6.07) is 7.21. The molecule has 1 amide bonds. The largest absolute Gasteiger partial charge is 0.481 e. The Morgan fingerprint density at radius 2 is 2.05 bits per heavy atom. The smallest absolute Gasteiger partial charge is 0.303 e. The number of nitrogens with one attached hydrogen (secondary N) is 2. The number of carbonyl (C=O) groups is 2. The van der Waals surface area contributed by atoms with Crippen LogP contribution in [0.4, 0.5) is 5.69 Å². The van der Waals surface area contributed by atoms with Gasteiger partial charge in [-0.15, -0.1) is 0 Å². The van der Waals surface area contributed by atoms with E-state index in [2.05, 4.69) is 20.5 Å². The molecule has 0 aliphatic rings. The van der Waals surface area contributed by atoms with Gasteiger partial charge in [0.05, 0.1) is 5.69 Å². The first-order valence-corrected chi connectivity index (χ1v) is 6.56. The number of carboxylic acids is 1. The third-order valence-electron chi connectivity index (χ3n) is 2.83. The van der Waals surface area contributed by atoms with E-state index in [1.807, 2.05) is 12.1 Å². The molecule has 2 aromatic rings. The van der Waals surface area contributed by atoms with Gasteiger partial charge in [-0.3, -0.25) is 14.7 Å². The van der Waals surface area contributed by atoms with Crippen molar-refractivity contribution in [1.82, 2.24) is 15.2 Å². The Balaban J connectivity index is 2.07. The number of hydrogen-bond donors (Lipinski definition) is 3. The topological polar surface area (TPSA) is 108 Å². The Morgan fingerprint density at radius 1 is 1.29 bits per heavy atom. The summed E-state index contributed by atoms with van der Waals surface area (Å²) < 4.78 is 0. The van der Waals surface area contributed by atoms with E-state index in [9.17, 15) is 9.59 Å². The van der Waals surface area contributed by atoms with E-state index in [-0.39, 0.29) is 18.7 Å². The first kappa shape index (κ1) is 14.7. The highest BCUT2D eigenvalue weighted by molar-refractivity contribution is 5.94. The van der Waals surface area contributed by atoms with Crippen molar-refractivity contribution in [1.29, 1.82) is 0 Å². The van der Waals surface area contributed by atoms with Crippen LogP contribution in [-0.4, -0.2) is 32.2 Å². The number of aromatic nitrogens is 3. The van der Waals surface area contributed by atoms with Gasteiger partial charge in [-0.2, -0.15) is 5.10 Å². The molecule has 7 nitrogen and oxygen atoms in total. The van der Waals surface area contributed by atoms with Crippen LogP contribution in [0.15, 0.2) is 24.3 Å². The molecule has 0 saturated heterocycles. The first-order chi connectivity index (χ1) is 10.1. The predicted molar refractivity (Wildman–Crippen MR) is 76.7 cm³/mol. The zero-order chi connectivity index (χ0) is 15.2. The molecule has 0 aliphatic carbocycles. The average molecular weight is 288 g/mol. The molecule has 0 radical (unpaired) electrons. The zero-order valence-electron chi connectivity index (χ0n) is 11.6. The average Bonchev–Trinajstić information content (AvgIpc) is 2.85. The third-order valence-corrected chi connectivity index (χ3v) is 2.83. The number of H-pyrrole nitrogens is 1. The molecular weight excluding hydrogens is 272 g/mol. The minimum Gasteiger partial charge on any atom is -0.481 e. The fourth-order valence-electron chi connectivity index (χ4n) is 1.86. The maximum Gasteiger partial charge on any atom is 0.303 e. The number of aromatic amines is 1. The van der Waals surface area contributed by atoms with Crippen molar-refractivity contribution in [2.24, 2.45) is 0 Å². The molecule has 21 heavy (non-hydrogen) atoms. The van der Waals surface area contributed by atoms with Crippen LogP contribution in [0.1, 0.15) is 25.1 Å². The minimum absolute atomic E-state index is 0.0187. The quantitative estimate of drug-likeness (QED) is 0.753. The highest BCUT2D eigenvalue weighted by atomic mass is 16.4. The zero-order valence-corrected chi connectivity index (χ0v) is 11.6. The number of hydrogen-bond acceptors (Lipinski definition) is 4. The van der Waals surface area contributed by atoms with E-state index in [4.69, 9.17) is 5.11 Å². The monoisotopic (exact) mass is 288 g/mol. The maximum atomic E-state index is 11.8. The molecule has 1 aromatic carbocycles. The van der Waals surface area contributed by atoms with E-state index >= 15 is 0 Å². The highest BCUT2D eigenvalue weighted by Gasteiger charge is 2.11. The number of aryl methyl sites for hydroxylation is 1. The second kappa shape index (κ2) is 6.65. The highest BCUT2D eigenvalue weighted by Crippen LogP contribution is 2.24. The lowest BCUT2D eigenvalue weighted by Crippen LogP contribution is -2.12. The molecule has 0 saturated carbocycles. The van der Waals surface area contributed by atoms with Crippen LogP contribution >= 0.6 is 0 Å². The van der Waals surface area contributed by atoms with Gasteiger partial charge in [0, 0.05) is 18.4 Å². The van der Waals surface area contributed by atoms with E-state index in [0.29, 0.717) is 29.3 Å². The molecule has 0 atom stereocenters. The SMILES string of the molecule is Cc1nc(-c2ccccc2NC(=O)CCCC(=O)O)n[nH]1. The van der Waals surface area contributed by atoms with Gasteiger partial charge < -0.3 is 10.4 Å². The van der Waals surface area contributed by atoms with Crippen LogP contribution in [-0.2, 0) is 9.59 Å². The molecule has 7 heteroatoms. The van der Waals surface area contributed by atoms with Gasteiger partial charge in [0.25, 0.3) is 0 Å². The molecule has 110 valence electrons. The molecule has 1 heterocycles. The van der Waals surface area contributed by atoms with E-state index in [0.717, 1.165) is 0 Å². The summed E-state index contributed by atoms with van der Waals surface area (Å²) in [5.74, 6) is 0.0666. The number of anilines is 1. The van der Waals surface area contributed by atoms with Gasteiger partial charge in [0.2, 0.25) is 5.91 Å². The lowest BCUT2D eigenvalue weighted by Gasteiger charge is -2.08. The van der Waals surface area contributed by atoms with Gasteiger partial charge in [-0.05, 0) is 25.5 Å². The minimum atomic E-state index is -0.903. The van der Waals surface area contributed by atoms with E-state index < -0.39 is 5.97 Å². The van der Waals surface area contributed by atoms with Crippen molar-refractivity contribution < 1.29 is 14.7 Å². The van der Waals surface area contributed by atoms with Crippen LogP contribution in [0.2, 0.25) is 0 Å². The fraction of sp³-hybridized carbons (Fsp3) is 0.286. The van der Waals surface area contributed by atoms with Gasteiger partial charge in [-0.1, -0.05) is 12.1 Å². The van der Waals surface area contributed by atoms with Crippen LogP contribution < -0.4 is 5.32 Å². The summed E-state index contributed by atoms with van der Waals surface area (Å²) in [5.41, 5.74) is 1.32. The Labute approximate surface area is 121 Å². The predicted octanol–water partition coefficient (Wildman–Crippen LogP) is 1.97. The number of nitrogens with zero attached hydrogens (tertiary/aromatic N) is 2. The molecule has 3 N–H and O–H groups in total. The maximum absolute atomic E-state index is 11.8. The van der Waals surface area contributed by atoms with Crippen LogP contribution in [0, 0.1) is 6.92 Å². The van der Waals surface area contributed by atoms with Crippen molar-refractivity contribution >= 4 is 17.6 Å². The number of benzene rings is 1. The Bertz CT molecular complexity index is 651. The van der Waals surface area contributed by atoms with Crippen molar-refractivity contribution in [3.05, 3.63) is 30.1 Å². The lowest BCUT2D eigenvalue weighted by atomic mass is 10.1. The Morgan fingerprint density at radius 3 is 2.71 bits per heavy atom. The van der Waals surface area contributed by atoms with E-state index in [1.165, 1.54) is 0 Å². The van der Waals surface area contributed by atoms with Gasteiger partial charge >= 0.3 is 5.97 Å². The van der Waals surface area contributed by atoms with E-state index in [1.54, 1.807) is 19.1 Å². The summed E-state index contributed by atoms with van der Waals surface area (Å²) in [7, 11) is 0. The van der Waals surface area contributed by atoms with Gasteiger partial charge in [0.1, 0.15) is 5.82 Å².